The molecule has 0 radical (unpaired) electrons. The first-order valence-corrected chi connectivity index (χ1v) is 7.42. The molecule has 3 heterocycles. The number of benzene rings is 1. The van der Waals surface area contributed by atoms with Crippen molar-refractivity contribution in [1.82, 2.24) is 19.5 Å². The molecule has 0 aliphatic carbocycles. The van der Waals surface area contributed by atoms with Crippen LogP contribution in [0.2, 0.25) is 0 Å². The van der Waals surface area contributed by atoms with Gasteiger partial charge in [-0.15, -0.1) is 0 Å². The van der Waals surface area contributed by atoms with Crippen molar-refractivity contribution in [2.24, 2.45) is 0 Å². The zero-order valence-corrected chi connectivity index (χ0v) is 12.5. The number of nitrogens with zero attached hydrogens (tertiary/aromatic N) is 4. The topological polar surface area (TPSA) is 105 Å². The average Bonchev–Trinajstić information content (AvgIpc) is 3.18. The molecule has 1 unspecified atom stereocenters. The van der Waals surface area contributed by atoms with E-state index in [2.05, 4.69) is 20.3 Å². The van der Waals surface area contributed by atoms with Crippen LogP contribution in [-0.4, -0.2) is 36.3 Å². The molecule has 0 amide bonds. The number of hydrogen-bond donors (Lipinski definition) is 3. The lowest BCUT2D eigenvalue weighted by Crippen LogP contribution is -2.08. The molecule has 0 saturated carbocycles. The van der Waals surface area contributed by atoms with Gasteiger partial charge in [-0.25, -0.2) is 4.98 Å². The first-order valence-electron chi connectivity index (χ1n) is 7.42. The Morgan fingerprint density at radius 3 is 2.92 bits per heavy atom. The molecule has 1 saturated heterocycles. The predicted octanol–water partition coefficient (Wildman–Crippen LogP) is 2.43. The van der Waals surface area contributed by atoms with E-state index in [1.807, 2.05) is 0 Å². The monoisotopic (exact) mass is 331 g/mol. The summed E-state index contributed by atoms with van der Waals surface area (Å²) in [5.74, 6) is -0.157. The number of fused-ring (bicyclic) bond motifs is 1. The van der Waals surface area contributed by atoms with Crippen molar-refractivity contribution in [3.63, 3.8) is 0 Å². The molecule has 8 nitrogen and oxygen atoms in total. The SMILES string of the molecule is Oc1ccc(Nc2nc(F)nc3c2ncn3C2CCCO2)c(O)c1. The fourth-order valence-corrected chi connectivity index (χ4v) is 2.72. The van der Waals surface area contributed by atoms with Gasteiger partial charge in [-0.1, -0.05) is 0 Å². The summed E-state index contributed by atoms with van der Waals surface area (Å²) in [4.78, 5) is 11.8. The summed E-state index contributed by atoms with van der Waals surface area (Å²) in [6, 6.07) is 4.01. The van der Waals surface area contributed by atoms with Gasteiger partial charge in [0.2, 0.25) is 0 Å². The number of phenolic OH excluding ortho intramolecular Hbond substituents is 2. The molecular formula is C15H14FN5O3. The fraction of sp³-hybridized carbons (Fsp3) is 0.267. The summed E-state index contributed by atoms with van der Waals surface area (Å²) in [7, 11) is 0. The van der Waals surface area contributed by atoms with Gasteiger partial charge in [-0.05, 0) is 25.0 Å². The molecular weight excluding hydrogens is 317 g/mol. The zero-order valence-electron chi connectivity index (χ0n) is 12.5. The van der Waals surface area contributed by atoms with Crippen molar-refractivity contribution in [3.05, 3.63) is 30.6 Å². The van der Waals surface area contributed by atoms with Gasteiger partial charge in [0, 0.05) is 12.7 Å². The molecule has 3 aromatic rings. The third kappa shape index (κ3) is 2.48. The molecule has 4 rings (SSSR count). The quantitative estimate of drug-likeness (QED) is 0.384. The van der Waals surface area contributed by atoms with E-state index in [-0.39, 0.29) is 29.2 Å². The molecule has 3 N–H and O–H groups in total. The van der Waals surface area contributed by atoms with Gasteiger partial charge in [-0.2, -0.15) is 14.4 Å². The van der Waals surface area contributed by atoms with E-state index in [9.17, 15) is 14.6 Å². The molecule has 124 valence electrons. The number of halogens is 1. The number of aromatic nitrogens is 4. The highest BCUT2D eigenvalue weighted by molar-refractivity contribution is 5.86. The van der Waals surface area contributed by atoms with E-state index in [0.29, 0.717) is 17.8 Å². The highest BCUT2D eigenvalue weighted by Gasteiger charge is 2.22. The van der Waals surface area contributed by atoms with E-state index < -0.39 is 6.08 Å². The number of nitrogens with one attached hydrogen (secondary N) is 1. The second kappa shape index (κ2) is 5.60. The summed E-state index contributed by atoms with van der Waals surface area (Å²) >= 11 is 0. The summed E-state index contributed by atoms with van der Waals surface area (Å²) in [5.41, 5.74) is 0.938. The number of anilines is 2. The highest BCUT2D eigenvalue weighted by atomic mass is 19.1. The normalized spacial score (nSPS) is 17.5. The lowest BCUT2D eigenvalue weighted by molar-refractivity contribution is 0.0592. The Bertz CT molecular complexity index is 908. The van der Waals surface area contributed by atoms with Crippen LogP contribution < -0.4 is 5.32 Å². The summed E-state index contributed by atoms with van der Waals surface area (Å²) in [5, 5.41) is 22.0. The number of phenols is 2. The smallest absolute Gasteiger partial charge is 0.312 e. The van der Waals surface area contributed by atoms with Crippen LogP contribution in [0, 0.1) is 6.08 Å². The van der Waals surface area contributed by atoms with E-state index in [0.717, 1.165) is 12.8 Å². The maximum atomic E-state index is 13.9. The van der Waals surface area contributed by atoms with Crippen LogP contribution >= 0.6 is 0 Å². The molecule has 2 aromatic heterocycles. The minimum Gasteiger partial charge on any atom is -0.508 e. The van der Waals surface area contributed by atoms with Crippen LogP contribution in [0.1, 0.15) is 19.1 Å². The van der Waals surface area contributed by atoms with Gasteiger partial charge in [0.05, 0.1) is 12.0 Å². The minimum atomic E-state index is -0.914. The molecule has 1 aliphatic heterocycles. The van der Waals surface area contributed by atoms with Crippen molar-refractivity contribution in [1.29, 1.82) is 0 Å². The molecule has 1 atom stereocenters. The molecule has 9 heteroatoms. The first-order chi connectivity index (χ1) is 11.6. The Morgan fingerprint density at radius 2 is 2.17 bits per heavy atom. The summed E-state index contributed by atoms with van der Waals surface area (Å²) in [6.07, 6.45) is 2.13. The lowest BCUT2D eigenvalue weighted by atomic mass is 10.2. The van der Waals surface area contributed by atoms with Crippen LogP contribution in [-0.2, 0) is 4.74 Å². The van der Waals surface area contributed by atoms with Crippen molar-refractivity contribution < 1.29 is 19.3 Å². The average molecular weight is 331 g/mol. The fourth-order valence-electron chi connectivity index (χ4n) is 2.72. The Labute approximate surface area is 135 Å². The number of rotatable bonds is 3. The molecule has 1 aromatic carbocycles. The largest absolute Gasteiger partial charge is 0.508 e. The van der Waals surface area contributed by atoms with E-state index in [1.165, 1.54) is 24.5 Å². The van der Waals surface area contributed by atoms with Crippen LogP contribution in [0.15, 0.2) is 24.5 Å². The van der Waals surface area contributed by atoms with Gasteiger partial charge in [-0.3, -0.25) is 4.57 Å². The van der Waals surface area contributed by atoms with Gasteiger partial charge in [0.1, 0.15) is 17.7 Å². The summed E-state index contributed by atoms with van der Waals surface area (Å²) < 4.78 is 21.1. The lowest BCUT2D eigenvalue weighted by Gasteiger charge is -2.12. The van der Waals surface area contributed by atoms with Crippen molar-refractivity contribution in [2.45, 2.75) is 19.1 Å². The zero-order chi connectivity index (χ0) is 16.7. The highest BCUT2D eigenvalue weighted by Crippen LogP contribution is 2.32. The number of imidazole rings is 1. The molecule has 1 aliphatic rings. The molecule has 0 bridgehead atoms. The third-order valence-corrected chi connectivity index (χ3v) is 3.84. The molecule has 1 fully saturated rings. The molecule has 24 heavy (non-hydrogen) atoms. The minimum absolute atomic E-state index is 0.0836. The summed E-state index contributed by atoms with van der Waals surface area (Å²) in [6.45, 7) is 0.643. The van der Waals surface area contributed by atoms with Crippen molar-refractivity contribution >= 4 is 22.7 Å². The Hall–Kier alpha value is -2.94. The standard InChI is InChI=1S/C15H14FN5O3/c16-15-19-13(18-9-4-3-8(22)6-10(9)23)12-14(20-15)21(7-17-12)11-2-1-5-24-11/h3-4,6-7,11,22-23H,1-2,5H2,(H,18,19,20). The van der Waals surface area contributed by atoms with Gasteiger partial charge < -0.3 is 20.3 Å². The van der Waals surface area contributed by atoms with E-state index >= 15 is 0 Å². The maximum Gasteiger partial charge on any atom is 0.312 e. The molecule has 0 spiro atoms. The van der Waals surface area contributed by atoms with Crippen LogP contribution in [0.4, 0.5) is 15.9 Å². The third-order valence-electron chi connectivity index (χ3n) is 3.84. The Balaban J connectivity index is 1.77. The second-order valence-electron chi connectivity index (χ2n) is 5.46. The van der Waals surface area contributed by atoms with Gasteiger partial charge >= 0.3 is 6.08 Å². The Kier molecular flexibility index (Phi) is 3.42. The second-order valence-corrected chi connectivity index (χ2v) is 5.46. The van der Waals surface area contributed by atoms with Crippen LogP contribution in [0.3, 0.4) is 0 Å². The predicted molar refractivity (Wildman–Crippen MR) is 82.6 cm³/mol. The van der Waals surface area contributed by atoms with E-state index in [4.69, 9.17) is 4.74 Å². The van der Waals surface area contributed by atoms with E-state index in [1.54, 1.807) is 4.57 Å². The Morgan fingerprint density at radius 1 is 1.29 bits per heavy atom. The number of aromatic hydroxyl groups is 2. The van der Waals surface area contributed by atoms with Crippen LogP contribution in [0.25, 0.3) is 11.2 Å². The van der Waals surface area contributed by atoms with Gasteiger partial charge in [0.15, 0.2) is 17.0 Å². The maximum absolute atomic E-state index is 13.9. The van der Waals surface area contributed by atoms with Crippen molar-refractivity contribution in [2.75, 3.05) is 11.9 Å². The number of hydrogen-bond acceptors (Lipinski definition) is 7. The van der Waals surface area contributed by atoms with Gasteiger partial charge in [0.25, 0.3) is 0 Å². The first kappa shape index (κ1) is 14.6. The number of ether oxygens (including phenoxy) is 1. The van der Waals surface area contributed by atoms with Crippen molar-refractivity contribution in [3.8, 4) is 11.5 Å². The van der Waals surface area contributed by atoms with Crippen LogP contribution in [0.5, 0.6) is 11.5 Å².